The molecule has 5 nitrogen and oxygen atoms in total. The highest BCUT2D eigenvalue weighted by atomic mass is 35.5. The van der Waals surface area contributed by atoms with Crippen LogP contribution in [0, 0.1) is 0 Å². The lowest BCUT2D eigenvalue weighted by Gasteiger charge is -2.29. The van der Waals surface area contributed by atoms with Gasteiger partial charge in [-0.2, -0.15) is 5.10 Å². The second-order valence-electron chi connectivity index (χ2n) is 3.83. The maximum Gasteiger partial charge on any atom is 0.285 e. The summed E-state index contributed by atoms with van der Waals surface area (Å²) in [6.07, 6.45) is 2.68. The highest BCUT2D eigenvalue weighted by Gasteiger charge is 2.23. The van der Waals surface area contributed by atoms with Crippen molar-refractivity contribution < 1.29 is 0 Å². The lowest BCUT2D eigenvalue weighted by Crippen LogP contribution is -2.37. The van der Waals surface area contributed by atoms with Gasteiger partial charge in [-0.05, 0) is 19.9 Å². The first-order valence-corrected chi connectivity index (χ1v) is 5.82. The Morgan fingerprint density at radius 2 is 2.50 bits per heavy atom. The number of H-pyrrole nitrogens is 1. The summed E-state index contributed by atoms with van der Waals surface area (Å²) in [6, 6.07) is 0.395. The quantitative estimate of drug-likeness (QED) is 0.816. The summed E-state index contributed by atoms with van der Waals surface area (Å²) in [7, 11) is 0. The maximum atomic E-state index is 11.4. The minimum atomic E-state index is -0.330. The molecule has 2 N–H and O–H groups in total. The van der Waals surface area contributed by atoms with E-state index in [4.69, 9.17) is 11.6 Å². The first kappa shape index (κ1) is 11.4. The number of aromatic nitrogens is 2. The summed E-state index contributed by atoms with van der Waals surface area (Å²) in [5, 5.41) is 9.66. The number of hydrogen-bond acceptors (Lipinski definition) is 4. The fourth-order valence-corrected chi connectivity index (χ4v) is 2.30. The van der Waals surface area contributed by atoms with Gasteiger partial charge >= 0.3 is 0 Å². The van der Waals surface area contributed by atoms with Crippen LogP contribution in [0.4, 0.5) is 5.69 Å². The van der Waals surface area contributed by atoms with Crippen LogP contribution in [0.3, 0.4) is 0 Å². The van der Waals surface area contributed by atoms with E-state index in [1.165, 1.54) is 0 Å². The third kappa shape index (κ3) is 2.05. The van der Waals surface area contributed by atoms with Gasteiger partial charge in [-0.15, -0.1) is 0 Å². The van der Waals surface area contributed by atoms with Crippen LogP contribution in [-0.4, -0.2) is 35.9 Å². The van der Waals surface area contributed by atoms with Crippen molar-refractivity contribution >= 4 is 17.3 Å². The summed E-state index contributed by atoms with van der Waals surface area (Å²) in [5.41, 5.74) is 0.394. The van der Waals surface area contributed by atoms with Crippen LogP contribution in [0.2, 0.25) is 5.02 Å². The molecule has 0 amide bonds. The highest BCUT2D eigenvalue weighted by molar-refractivity contribution is 6.33. The molecule has 1 aliphatic rings. The van der Waals surface area contributed by atoms with Gasteiger partial charge in [-0.25, -0.2) is 5.10 Å². The second kappa shape index (κ2) is 4.84. The predicted octanol–water partition coefficient (Wildman–Crippen LogP) is 0.612. The van der Waals surface area contributed by atoms with E-state index < -0.39 is 0 Å². The van der Waals surface area contributed by atoms with E-state index in [1.54, 1.807) is 6.20 Å². The van der Waals surface area contributed by atoms with E-state index in [9.17, 15) is 4.79 Å². The van der Waals surface area contributed by atoms with E-state index in [-0.39, 0.29) is 10.6 Å². The van der Waals surface area contributed by atoms with Crippen LogP contribution in [0.1, 0.15) is 13.3 Å². The lowest BCUT2D eigenvalue weighted by atomic mass is 10.2. The monoisotopic (exact) mass is 242 g/mol. The summed E-state index contributed by atoms with van der Waals surface area (Å²) >= 11 is 6.00. The molecule has 1 unspecified atom stereocenters. The zero-order valence-corrected chi connectivity index (χ0v) is 9.92. The number of nitrogens with one attached hydrogen (secondary N) is 2. The Morgan fingerprint density at radius 1 is 1.69 bits per heavy atom. The van der Waals surface area contributed by atoms with Crippen molar-refractivity contribution in [2.24, 2.45) is 0 Å². The van der Waals surface area contributed by atoms with Crippen LogP contribution in [-0.2, 0) is 0 Å². The number of rotatable bonds is 3. The molecule has 1 saturated heterocycles. The summed E-state index contributed by atoms with van der Waals surface area (Å²) in [5.74, 6) is 0. The average Bonchev–Trinajstić information content (AvgIpc) is 2.79. The van der Waals surface area contributed by atoms with Crippen LogP contribution in [0.25, 0.3) is 0 Å². The third-order valence-electron chi connectivity index (χ3n) is 2.90. The SMILES string of the molecule is CCN(c1cn[nH]c(=O)c1Cl)C1CCNC1. The van der Waals surface area contributed by atoms with Crippen LogP contribution in [0.15, 0.2) is 11.0 Å². The first-order chi connectivity index (χ1) is 7.74. The largest absolute Gasteiger partial charge is 0.365 e. The lowest BCUT2D eigenvalue weighted by molar-refractivity contribution is 0.645. The number of nitrogens with zero attached hydrogens (tertiary/aromatic N) is 2. The van der Waals surface area contributed by atoms with Gasteiger partial charge in [-0.1, -0.05) is 11.6 Å². The van der Waals surface area contributed by atoms with Crippen molar-refractivity contribution in [1.82, 2.24) is 15.5 Å². The van der Waals surface area contributed by atoms with Crippen molar-refractivity contribution in [3.8, 4) is 0 Å². The molecule has 1 fully saturated rings. The first-order valence-electron chi connectivity index (χ1n) is 5.44. The minimum absolute atomic E-state index is 0.226. The van der Waals surface area contributed by atoms with Crippen molar-refractivity contribution in [3.63, 3.8) is 0 Å². The molecule has 1 aromatic rings. The molecule has 2 heterocycles. The molecule has 6 heteroatoms. The van der Waals surface area contributed by atoms with Gasteiger partial charge in [0.25, 0.3) is 5.56 Å². The molecule has 2 rings (SSSR count). The van der Waals surface area contributed by atoms with Crippen molar-refractivity contribution in [2.45, 2.75) is 19.4 Å². The van der Waals surface area contributed by atoms with Gasteiger partial charge in [-0.3, -0.25) is 4.79 Å². The molecular weight excluding hydrogens is 228 g/mol. The number of halogens is 1. The Bertz CT molecular complexity index is 414. The molecule has 1 atom stereocenters. The smallest absolute Gasteiger partial charge is 0.285 e. The molecule has 1 aromatic heterocycles. The molecule has 0 radical (unpaired) electrons. The maximum absolute atomic E-state index is 11.4. The normalized spacial score (nSPS) is 20.0. The van der Waals surface area contributed by atoms with Gasteiger partial charge in [0, 0.05) is 19.1 Å². The number of anilines is 1. The molecule has 16 heavy (non-hydrogen) atoms. The zero-order valence-electron chi connectivity index (χ0n) is 9.16. The molecule has 0 aromatic carbocycles. The summed E-state index contributed by atoms with van der Waals surface area (Å²) in [6.45, 7) is 4.80. The van der Waals surface area contributed by atoms with E-state index in [0.717, 1.165) is 31.7 Å². The van der Waals surface area contributed by atoms with Crippen LogP contribution < -0.4 is 15.8 Å². The Morgan fingerprint density at radius 3 is 3.12 bits per heavy atom. The van der Waals surface area contributed by atoms with Gasteiger partial charge in [0.1, 0.15) is 5.02 Å². The van der Waals surface area contributed by atoms with Gasteiger partial charge in [0.2, 0.25) is 0 Å². The molecule has 0 spiro atoms. The Kier molecular flexibility index (Phi) is 3.46. The number of likely N-dealkylation sites (N-methyl/N-ethyl adjacent to an activating group) is 1. The van der Waals surface area contributed by atoms with Gasteiger partial charge < -0.3 is 10.2 Å². The summed E-state index contributed by atoms with van der Waals surface area (Å²) in [4.78, 5) is 13.5. The Hall–Kier alpha value is -1.07. The molecule has 0 saturated carbocycles. The predicted molar refractivity (Wildman–Crippen MR) is 64.2 cm³/mol. The van der Waals surface area contributed by atoms with E-state index in [1.807, 2.05) is 0 Å². The average molecular weight is 243 g/mol. The molecule has 0 bridgehead atoms. The van der Waals surface area contributed by atoms with E-state index >= 15 is 0 Å². The van der Waals surface area contributed by atoms with Crippen molar-refractivity contribution in [2.75, 3.05) is 24.5 Å². The standard InChI is InChI=1S/C10H15ClN4O/c1-2-15(7-3-4-12-5-7)8-6-13-14-10(16)9(8)11/h6-7,12H,2-5H2,1H3,(H,14,16). The molecular formula is C10H15ClN4O. The Labute approximate surface area is 98.8 Å². The Balaban J connectivity index is 2.32. The fraction of sp³-hybridized carbons (Fsp3) is 0.600. The van der Waals surface area contributed by atoms with Gasteiger partial charge in [0.05, 0.1) is 11.9 Å². The minimum Gasteiger partial charge on any atom is -0.365 e. The highest BCUT2D eigenvalue weighted by Crippen LogP contribution is 2.24. The van der Waals surface area contributed by atoms with Crippen LogP contribution >= 0.6 is 11.6 Å². The third-order valence-corrected chi connectivity index (χ3v) is 3.27. The number of hydrogen-bond donors (Lipinski definition) is 2. The number of aromatic amines is 1. The van der Waals surface area contributed by atoms with Crippen molar-refractivity contribution in [1.29, 1.82) is 0 Å². The summed E-state index contributed by atoms with van der Waals surface area (Å²) < 4.78 is 0. The molecule has 88 valence electrons. The van der Waals surface area contributed by atoms with Gasteiger partial charge in [0.15, 0.2) is 0 Å². The topological polar surface area (TPSA) is 61.0 Å². The van der Waals surface area contributed by atoms with E-state index in [0.29, 0.717) is 6.04 Å². The molecule has 0 aliphatic carbocycles. The molecule has 1 aliphatic heterocycles. The van der Waals surface area contributed by atoms with Crippen LogP contribution in [0.5, 0.6) is 0 Å². The zero-order chi connectivity index (χ0) is 11.5. The van der Waals surface area contributed by atoms with Crippen molar-refractivity contribution in [3.05, 3.63) is 21.6 Å². The van der Waals surface area contributed by atoms with E-state index in [2.05, 4.69) is 27.3 Å². The fourth-order valence-electron chi connectivity index (χ4n) is 2.11. The second-order valence-corrected chi connectivity index (χ2v) is 4.21.